The average molecular weight is 395 g/mol. The predicted octanol–water partition coefficient (Wildman–Crippen LogP) is 4.32. The van der Waals surface area contributed by atoms with Crippen LogP contribution in [0.4, 0.5) is 0 Å². The molecule has 1 unspecified atom stereocenters. The van der Waals surface area contributed by atoms with E-state index in [4.69, 9.17) is 0 Å². The molecule has 0 aliphatic heterocycles. The summed E-state index contributed by atoms with van der Waals surface area (Å²) in [6.07, 6.45) is 0. The van der Waals surface area contributed by atoms with Gasteiger partial charge in [-0.25, -0.2) is 0 Å². The molecule has 5 nitrogen and oxygen atoms in total. The van der Waals surface area contributed by atoms with E-state index >= 15 is 0 Å². The minimum absolute atomic E-state index is 0.108. The molecule has 0 aliphatic carbocycles. The summed E-state index contributed by atoms with van der Waals surface area (Å²) in [5.74, 6) is 0.916. The van der Waals surface area contributed by atoms with Gasteiger partial charge >= 0.3 is 0 Å². The molecule has 28 heavy (non-hydrogen) atoms. The number of hydrogen-bond acceptors (Lipinski definition) is 4. The van der Waals surface area contributed by atoms with Crippen molar-refractivity contribution in [2.75, 3.05) is 6.54 Å². The van der Waals surface area contributed by atoms with Crippen molar-refractivity contribution in [1.82, 2.24) is 19.7 Å². The van der Waals surface area contributed by atoms with Crippen molar-refractivity contribution < 1.29 is 4.79 Å². The third-order valence-electron chi connectivity index (χ3n) is 4.65. The van der Waals surface area contributed by atoms with E-state index in [1.165, 1.54) is 17.3 Å². The molecule has 0 spiro atoms. The summed E-state index contributed by atoms with van der Waals surface area (Å²) in [5, 5.41) is 9.16. The number of hydrogen-bond donors (Lipinski definition) is 0. The van der Waals surface area contributed by atoms with Crippen molar-refractivity contribution in [2.45, 2.75) is 37.7 Å². The van der Waals surface area contributed by atoms with Crippen LogP contribution < -0.4 is 0 Å². The van der Waals surface area contributed by atoms with Gasteiger partial charge in [0.05, 0.1) is 5.25 Å². The van der Waals surface area contributed by atoms with Crippen LogP contribution in [0.25, 0.3) is 11.4 Å². The molecule has 3 aromatic rings. The van der Waals surface area contributed by atoms with Gasteiger partial charge in [-0.3, -0.25) is 4.79 Å². The first kappa shape index (κ1) is 20.1. The Kier molecular flexibility index (Phi) is 6.52. The predicted molar refractivity (Wildman–Crippen MR) is 114 cm³/mol. The van der Waals surface area contributed by atoms with Crippen molar-refractivity contribution in [2.24, 2.45) is 7.05 Å². The number of benzene rings is 2. The topological polar surface area (TPSA) is 51.0 Å². The van der Waals surface area contributed by atoms with Gasteiger partial charge in [-0.2, -0.15) is 0 Å². The lowest BCUT2D eigenvalue weighted by Gasteiger charge is -2.24. The fourth-order valence-corrected chi connectivity index (χ4v) is 3.97. The molecule has 6 heteroatoms. The average Bonchev–Trinajstić information content (AvgIpc) is 3.06. The van der Waals surface area contributed by atoms with E-state index in [0.717, 1.165) is 22.1 Å². The first-order chi connectivity index (χ1) is 13.5. The minimum atomic E-state index is -0.239. The number of carbonyl (C=O) groups is 1. The Labute approximate surface area is 170 Å². The summed E-state index contributed by atoms with van der Waals surface area (Å²) >= 11 is 1.45. The number of aromatic nitrogens is 3. The zero-order valence-corrected chi connectivity index (χ0v) is 17.6. The largest absolute Gasteiger partial charge is 0.338 e. The Bertz CT molecular complexity index is 939. The molecule has 0 radical (unpaired) electrons. The maximum Gasteiger partial charge on any atom is 0.236 e. The van der Waals surface area contributed by atoms with Gasteiger partial charge in [-0.15, -0.1) is 10.2 Å². The van der Waals surface area contributed by atoms with Crippen LogP contribution in [0.5, 0.6) is 0 Å². The molecule has 0 N–H and O–H groups in total. The summed E-state index contributed by atoms with van der Waals surface area (Å²) in [7, 11) is 1.94. The van der Waals surface area contributed by atoms with Crippen LogP contribution in [0.1, 0.15) is 25.0 Å². The highest BCUT2D eigenvalue weighted by Gasteiger charge is 2.23. The number of aryl methyl sites for hydroxylation is 1. The lowest BCUT2D eigenvalue weighted by atomic mass is 10.1. The van der Waals surface area contributed by atoms with E-state index < -0.39 is 0 Å². The Morgan fingerprint density at radius 1 is 1.14 bits per heavy atom. The van der Waals surface area contributed by atoms with Crippen LogP contribution in [0.2, 0.25) is 0 Å². The van der Waals surface area contributed by atoms with E-state index in [2.05, 4.69) is 29.3 Å². The lowest BCUT2D eigenvalue weighted by Crippen LogP contribution is -2.36. The normalized spacial score (nSPS) is 12.0. The molecule has 1 atom stereocenters. The van der Waals surface area contributed by atoms with Crippen LogP contribution in [0.3, 0.4) is 0 Å². The second-order valence-electron chi connectivity index (χ2n) is 6.83. The number of thioether (sulfide) groups is 1. The van der Waals surface area contributed by atoms with Crippen molar-refractivity contribution in [1.29, 1.82) is 0 Å². The summed E-state index contributed by atoms with van der Waals surface area (Å²) in [6, 6.07) is 18.3. The standard InChI is InChI=1S/C22H26N4OS/c1-5-26(15-18-11-7-6-8-12-18)21(27)17(3)28-22-24-23-20(25(22)4)19-13-9-10-16(2)14-19/h6-14,17H,5,15H2,1-4H3. The molecule has 0 aliphatic rings. The molecular formula is C22H26N4OS. The van der Waals surface area contributed by atoms with Crippen molar-refractivity contribution in [3.63, 3.8) is 0 Å². The molecule has 1 aromatic heterocycles. The van der Waals surface area contributed by atoms with Gasteiger partial charge in [0.25, 0.3) is 0 Å². The molecular weight excluding hydrogens is 368 g/mol. The van der Waals surface area contributed by atoms with Gasteiger partial charge < -0.3 is 9.47 Å². The molecule has 0 saturated heterocycles. The fourth-order valence-electron chi connectivity index (χ4n) is 3.07. The smallest absolute Gasteiger partial charge is 0.236 e. The van der Waals surface area contributed by atoms with Gasteiger partial charge in [-0.1, -0.05) is 65.9 Å². The van der Waals surface area contributed by atoms with E-state index in [1.807, 2.05) is 72.8 Å². The lowest BCUT2D eigenvalue weighted by molar-refractivity contribution is -0.130. The van der Waals surface area contributed by atoms with Crippen molar-refractivity contribution in [3.05, 3.63) is 65.7 Å². The van der Waals surface area contributed by atoms with Crippen LogP contribution in [0.15, 0.2) is 59.8 Å². The maximum absolute atomic E-state index is 13.0. The molecule has 3 rings (SSSR count). The first-order valence-corrected chi connectivity index (χ1v) is 10.3. The SMILES string of the molecule is CCN(Cc1ccccc1)C(=O)C(C)Sc1nnc(-c2cccc(C)c2)n1C. The van der Waals surface area contributed by atoms with Crippen molar-refractivity contribution in [3.8, 4) is 11.4 Å². The van der Waals surface area contributed by atoms with E-state index in [-0.39, 0.29) is 11.2 Å². The van der Waals surface area contributed by atoms with Gasteiger partial charge in [0, 0.05) is 25.7 Å². The second kappa shape index (κ2) is 9.06. The highest BCUT2D eigenvalue weighted by atomic mass is 32.2. The van der Waals surface area contributed by atoms with Crippen molar-refractivity contribution >= 4 is 17.7 Å². The van der Waals surface area contributed by atoms with Gasteiger partial charge in [0.1, 0.15) is 0 Å². The number of rotatable bonds is 7. The molecule has 1 amide bonds. The Morgan fingerprint density at radius 2 is 1.89 bits per heavy atom. The Balaban J connectivity index is 1.71. The minimum Gasteiger partial charge on any atom is -0.338 e. The molecule has 2 aromatic carbocycles. The quantitative estimate of drug-likeness (QED) is 0.560. The molecule has 146 valence electrons. The van der Waals surface area contributed by atoms with Crippen LogP contribution in [0, 0.1) is 6.92 Å². The third kappa shape index (κ3) is 4.62. The fraction of sp³-hybridized carbons (Fsp3) is 0.318. The summed E-state index contributed by atoms with van der Waals surface area (Å²) in [5.41, 5.74) is 3.34. The maximum atomic E-state index is 13.0. The second-order valence-corrected chi connectivity index (χ2v) is 8.14. The van der Waals surface area contributed by atoms with Gasteiger partial charge in [-0.05, 0) is 32.4 Å². The molecule has 0 bridgehead atoms. The van der Waals surface area contributed by atoms with E-state index in [0.29, 0.717) is 13.1 Å². The van der Waals surface area contributed by atoms with Crippen LogP contribution in [-0.4, -0.2) is 37.4 Å². The Morgan fingerprint density at radius 3 is 2.57 bits per heavy atom. The molecule has 0 saturated carbocycles. The first-order valence-electron chi connectivity index (χ1n) is 9.45. The van der Waals surface area contributed by atoms with Crippen LogP contribution >= 0.6 is 11.8 Å². The Hall–Kier alpha value is -2.60. The molecule has 0 fully saturated rings. The summed E-state index contributed by atoms with van der Waals surface area (Å²) in [6.45, 7) is 7.29. The van der Waals surface area contributed by atoms with Gasteiger partial charge in [0.2, 0.25) is 5.91 Å². The summed E-state index contributed by atoms with van der Waals surface area (Å²) in [4.78, 5) is 14.8. The highest BCUT2D eigenvalue weighted by Crippen LogP contribution is 2.27. The third-order valence-corrected chi connectivity index (χ3v) is 5.77. The van der Waals surface area contributed by atoms with Crippen LogP contribution in [-0.2, 0) is 18.4 Å². The monoisotopic (exact) mass is 394 g/mol. The number of carbonyl (C=O) groups excluding carboxylic acids is 1. The number of amides is 1. The number of nitrogens with zero attached hydrogens (tertiary/aromatic N) is 4. The zero-order chi connectivity index (χ0) is 20.1. The summed E-state index contributed by atoms with van der Waals surface area (Å²) < 4.78 is 1.96. The van der Waals surface area contributed by atoms with E-state index in [9.17, 15) is 4.79 Å². The zero-order valence-electron chi connectivity index (χ0n) is 16.8. The van der Waals surface area contributed by atoms with E-state index in [1.54, 1.807) is 0 Å². The molecule has 1 heterocycles. The van der Waals surface area contributed by atoms with Gasteiger partial charge in [0.15, 0.2) is 11.0 Å². The highest BCUT2D eigenvalue weighted by molar-refractivity contribution is 8.00.